The molecule has 12 heavy (non-hydrogen) atoms. The molecule has 0 rings (SSSR count). The quantitative estimate of drug-likeness (QED) is 0.607. The molecular weight excluding hydrogens is 148 g/mol. The van der Waals surface area contributed by atoms with E-state index < -0.39 is 0 Å². The normalized spacial score (nSPS) is 5.67. The van der Waals surface area contributed by atoms with Gasteiger partial charge in [0.1, 0.15) is 5.78 Å². The molecule has 0 bridgehead atoms. The molecule has 0 unspecified atom stereocenters. The van der Waals surface area contributed by atoms with Gasteiger partial charge in [0, 0.05) is 6.42 Å². The molecule has 0 aliphatic rings. The summed E-state index contributed by atoms with van der Waals surface area (Å²) in [5.41, 5.74) is 0. The molecule has 1 heteroatoms. The number of rotatable bonds is 2. The number of ketones is 1. The summed E-state index contributed by atoms with van der Waals surface area (Å²) in [5, 5.41) is 0. The second-order valence-corrected chi connectivity index (χ2v) is 1.45. The van der Waals surface area contributed by atoms with Gasteiger partial charge in [-0.1, -0.05) is 48.5 Å². The summed E-state index contributed by atoms with van der Waals surface area (Å²) < 4.78 is 0. The molecule has 0 spiro atoms. The van der Waals surface area contributed by atoms with Crippen molar-refractivity contribution in [3.05, 3.63) is 0 Å². The van der Waals surface area contributed by atoms with Crippen LogP contribution in [0.3, 0.4) is 0 Å². The molecule has 0 saturated heterocycles. The lowest BCUT2D eigenvalue weighted by molar-refractivity contribution is -0.117. The molecule has 0 N–H and O–H groups in total. The minimum absolute atomic E-state index is 0.289. The number of carbonyl (C=O) groups is 1. The number of carbonyl (C=O) groups excluding carboxylic acids is 1. The van der Waals surface area contributed by atoms with E-state index >= 15 is 0 Å². The van der Waals surface area contributed by atoms with Crippen molar-refractivity contribution in [2.24, 2.45) is 0 Å². The fourth-order valence-electron chi connectivity index (χ4n) is 0.352. The Morgan fingerprint density at radius 1 is 0.917 bits per heavy atom. The van der Waals surface area contributed by atoms with Crippen molar-refractivity contribution in [1.82, 2.24) is 0 Å². The maximum Gasteiger partial charge on any atom is 0.129 e. The molecule has 0 radical (unpaired) electrons. The van der Waals surface area contributed by atoms with Crippen molar-refractivity contribution in [2.75, 3.05) is 0 Å². The van der Waals surface area contributed by atoms with Crippen molar-refractivity contribution in [1.29, 1.82) is 0 Å². The third-order valence-electron chi connectivity index (χ3n) is 0.602. The van der Waals surface area contributed by atoms with E-state index in [1.165, 1.54) is 0 Å². The molecule has 0 aromatic rings. The van der Waals surface area contributed by atoms with Crippen LogP contribution in [-0.4, -0.2) is 5.78 Å². The summed E-state index contributed by atoms with van der Waals surface area (Å²) in [4.78, 5) is 10.0. The highest BCUT2D eigenvalue weighted by Gasteiger charge is 1.83. The van der Waals surface area contributed by atoms with Crippen molar-refractivity contribution >= 4 is 5.78 Å². The van der Waals surface area contributed by atoms with E-state index in [4.69, 9.17) is 0 Å². The van der Waals surface area contributed by atoms with Gasteiger partial charge < -0.3 is 4.79 Å². The predicted octanol–water partition coefficient (Wildman–Crippen LogP) is 4.45. The average molecular weight is 176 g/mol. The third-order valence-corrected chi connectivity index (χ3v) is 0.602. The van der Waals surface area contributed by atoms with Crippen molar-refractivity contribution in [2.45, 2.75) is 68.2 Å². The van der Waals surface area contributed by atoms with E-state index in [0.717, 1.165) is 12.8 Å². The van der Waals surface area contributed by atoms with Gasteiger partial charge in [0.15, 0.2) is 0 Å². The standard InChI is InChI=1S/C5H10O.3C2H6/c1-3-4-5(2)6;3*1-2/h3-4H2,1-2H3;3*1-2H3. The van der Waals surface area contributed by atoms with Gasteiger partial charge in [-0.25, -0.2) is 0 Å². The Hall–Kier alpha value is -0.330. The zero-order valence-electron chi connectivity index (χ0n) is 10.3. The summed E-state index contributed by atoms with van der Waals surface area (Å²) in [5.74, 6) is 0.289. The Morgan fingerprint density at radius 2 is 1.17 bits per heavy atom. The van der Waals surface area contributed by atoms with Crippen LogP contribution in [0.1, 0.15) is 68.2 Å². The number of Topliss-reactive ketones (excluding diaryl/α,β-unsaturated/α-hetero) is 1. The summed E-state index contributed by atoms with van der Waals surface area (Å²) >= 11 is 0. The molecule has 0 aliphatic heterocycles. The van der Waals surface area contributed by atoms with Crippen LogP contribution in [0.2, 0.25) is 0 Å². The smallest absolute Gasteiger partial charge is 0.129 e. The Morgan fingerprint density at radius 3 is 1.17 bits per heavy atom. The van der Waals surface area contributed by atoms with Crippen molar-refractivity contribution in [3.8, 4) is 0 Å². The van der Waals surface area contributed by atoms with Gasteiger partial charge >= 0.3 is 0 Å². The first kappa shape index (κ1) is 22.6. The summed E-state index contributed by atoms with van der Waals surface area (Å²) in [6, 6.07) is 0. The van der Waals surface area contributed by atoms with E-state index in [0.29, 0.717) is 0 Å². The molecule has 0 aliphatic carbocycles. The molecule has 0 saturated carbocycles. The fourth-order valence-corrected chi connectivity index (χ4v) is 0.352. The lowest BCUT2D eigenvalue weighted by Gasteiger charge is -1.80. The first-order valence-corrected chi connectivity index (χ1v) is 5.26. The van der Waals surface area contributed by atoms with E-state index in [1.54, 1.807) is 6.92 Å². The van der Waals surface area contributed by atoms with Gasteiger partial charge in [0.2, 0.25) is 0 Å². The molecule has 0 fully saturated rings. The zero-order valence-corrected chi connectivity index (χ0v) is 10.3. The largest absolute Gasteiger partial charge is 0.300 e. The Bertz CT molecular complexity index is 49.0. The van der Waals surface area contributed by atoms with Crippen LogP contribution in [0.25, 0.3) is 0 Å². The molecule has 0 heterocycles. The second kappa shape index (κ2) is 45.7. The van der Waals surface area contributed by atoms with Crippen LogP contribution in [0.15, 0.2) is 0 Å². The van der Waals surface area contributed by atoms with Gasteiger partial charge in [-0.3, -0.25) is 0 Å². The van der Waals surface area contributed by atoms with Gasteiger partial charge in [0.05, 0.1) is 0 Å². The molecule has 0 aromatic heterocycles. The summed E-state index contributed by atoms with van der Waals surface area (Å²) in [7, 11) is 0. The molecule has 0 atom stereocenters. The van der Waals surface area contributed by atoms with Gasteiger partial charge in [-0.15, -0.1) is 0 Å². The Balaban J connectivity index is -0.0000000453. The summed E-state index contributed by atoms with van der Waals surface area (Å²) in [6.45, 7) is 15.6. The highest BCUT2D eigenvalue weighted by Crippen LogP contribution is 1.84. The van der Waals surface area contributed by atoms with Crippen LogP contribution < -0.4 is 0 Å². The fraction of sp³-hybridized carbons (Fsp3) is 0.909. The van der Waals surface area contributed by atoms with Crippen molar-refractivity contribution in [3.63, 3.8) is 0 Å². The third kappa shape index (κ3) is 102. The van der Waals surface area contributed by atoms with E-state index in [-0.39, 0.29) is 5.78 Å². The minimum atomic E-state index is 0.289. The predicted molar refractivity (Wildman–Crippen MR) is 59.6 cm³/mol. The Kier molecular flexibility index (Phi) is 86.1. The lowest BCUT2D eigenvalue weighted by Crippen LogP contribution is -1.84. The van der Waals surface area contributed by atoms with Crippen LogP contribution >= 0.6 is 0 Å². The molecule has 78 valence electrons. The van der Waals surface area contributed by atoms with Gasteiger partial charge in [-0.05, 0) is 13.3 Å². The monoisotopic (exact) mass is 176 g/mol. The van der Waals surface area contributed by atoms with Crippen molar-refractivity contribution < 1.29 is 4.79 Å². The van der Waals surface area contributed by atoms with E-state index in [2.05, 4.69) is 0 Å². The SMILES string of the molecule is CC.CC.CC.CCCC(C)=O. The molecular formula is C11H28O. The first-order chi connectivity index (χ1) is 5.77. The van der Waals surface area contributed by atoms with Crippen LogP contribution in [0.4, 0.5) is 0 Å². The first-order valence-electron chi connectivity index (χ1n) is 5.26. The topological polar surface area (TPSA) is 17.1 Å². The highest BCUT2D eigenvalue weighted by molar-refractivity contribution is 5.75. The molecule has 0 amide bonds. The van der Waals surface area contributed by atoms with Crippen LogP contribution in [-0.2, 0) is 4.79 Å². The van der Waals surface area contributed by atoms with Gasteiger partial charge in [-0.2, -0.15) is 0 Å². The highest BCUT2D eigenvalue weighted by atomic mass is 16.1. The number of hydrogen-bond acceptors (Lipinski definition) is 1. The van der Waals surface area contributed by atoms with E-state index in [1.807, 2.05) is 48.5 Å². The Labute approximate surface area is 79.6 Å². The van der Waals surface area contributed by atoms with Crippen LogP contribution in [0, 0.1) is 0 Å². The van der Waals surface area contributed by atoms with E-state index in [9.17, 15) is 4.79 Å². The second-order valence-electron chi connectivity index (χ2n) is 1.45. The van der Waals surface area contributed by atoms with Gasteiger partial charge in [0.25, 0.3) is 0 Å². The average Bonchev–Trinajstić information content (AvgIpc) is 2.14. The maximum absolute atomic E-state index is 10.0. The molecule has 0 aromatic carbocycles. The maximum atomic E-state index is 10.0. The zero-order chi connectivity index (χ0) is 11.0. The lowest BCUT2D eigenvalue weighted by atomic mass is 10.3. The summed E-state index contributed by atoms with van der Waals surface area (Å²) in [6.07, 6.45) is 1.72. The minimum Gasteiger partial charge on any atom is -0.300 e. The molecule has 1 nitrogen and oxygen atoms in total. The number of hydrogen-bond donors (Lipinski definition) is 0. The van der Waals surface area contributed by atoms with Crippen LogP contribution in [0.5, 0.6) is 0 Å².